The fourth-order valence-corrected chi connectivity index (χ4v) is 1.73. The van der Waals surface area contributed by atoms with Crippen LogP contribution in [0.25, 0.3) is 0 Å². The van der Waals surface area contributed by atoms with Gasteiger partial charge < -0.3 is 19.9 Å². The fourth-order valence-electron chi connectivity index (χ4n) is 1.57. The SMILES string of the molecule is COCCOCCCOCc1cccc(C(N)=S)c1F. The van der Waals surface area contributed by atoms with Crippen LogP contribution in [0, 0.1) is 5.82 Å². The molecule has 0 fully saturated rings. The third-order valence-electron chi connectivity index (χ3n) is 2.61. The topological polar surface area (TPSA) is 53.7 Å². The van der Waals surface area contributed by atoms with Crippen LogP contribution in [-0.4, -0.2) is 38.5 Å². The molecule has 20 heavy (non-hydrogen) atoms. The van der Waals surface area contributed by atoms with E-state index in [1.165, 1.54) is 0 Å². The van der Waals surface area contributed by atoms with Crippen LogP contribution >= 0.6 is 12.2 Å². The minimum Gasteiger partial charge on any atom is -0.389 e. The summed E-state index contributed by atoms with van der Waals surface area (Å²) in [4.78, 5) is 0.0518. The Morgan fingerprint density at radius 1 is 1.20 bits per heavy atom. The van der Waals surface area contributed by atoms with Crippen molar-refractivity contribution in [3.63, 3.8) is 0 Å². The number of thiocarbonyl (C=S) groups is 1. The Bertz CT molecular complexity index is 429. The molecule has 6 heteroatoms. The van der Waals surface area contributed by atoms with E-state index in [-0.39, 0.29) is 17.2 Å². The maximum absolute atomic E-state index is 14.0. The Hall–Kier alpha value is -1.08. The van der Waals surface area contributed by atoms with Crippen molar-refractivity contribution < 1.29 is 18.6 Å². The highest BCUT2D eigenvalue weighted by atomic mass is 32.1. The molecule has 0 radical (unpaired) electrons. The molecule has 0 bridgehead atoms. The van der Waals surface area contributed by atoms with E-state index in [1.807, 2.05) is 0 Å². The summed E-state index contributed by atoms with van der Waals surface area (Å²) in [5.41, 5.74) is 6.15. The van der Waals surface area contributed by atoms with E-state index in [0.29, 0.717) is 32.0 Å². The van der Waals surface area contributed by atoms with E-state index in [9.17, 15) is 4.39 Å². The van der Waals surface area contributed by atoms with Crippen LogP contribution in [0.2, 0.25) is 0 Å². The van der Waals surface area contributed by atoms with Crippen molar-refractivity contribution in [2.45, 2.75) is 13.0 Å². The average molecular weight is 301 g/mol. The van der Waals surface area contributed by atoms with E-state index >= 15 is 0 Å². The minimum atomic E-state index is -0.406. The summed E-state index contributed by atoms with van der Waals surface area (Å²) in [5.74, 6) is -0.406. The van der Waals surface area contributed by atoms with E-state index in [4.69, 9.17) is 32.2 Å². The van der Waals surface area contributed by atoms with Crippen molar-refractivity contribution >= 4 is 17.2 Å². The van der Waals surface area contributed by atoms with Crippen molar-refractivity contribution in [1.29, 1.82) is 0 Å². The Morgan fingerprint density at radius 3 is 2.65 bits per heavy atom. The van der Waals surface area contributed by atoms with Crippen molar-refractivity contribution in [3.05, 3.63) is 35.1 Å². The maximum atomic E-state index is 14.0. The minimum absolute atomic E-state index is 0.0518. The molecular weight excluding hydrogens is 281 g/mol. The Morgan fingerprint density at radius 2 is 1.95 bits per heavy atom. The van der Waals surface area contributed by atoms with Crippen molar-refractivity contribution in [3.8, 4) is 0 Å². The van der Waals surface area contributed by atoms with Crippen LogP contribution in [0.1, 0.15) is 17.5 Å². The molecule has 0 saturated heterocycles. The van der Waals surface area contributed by atoms with Gasteiger partial charge in [0.1, 0.15) is 10.8 Å². The van der Waals surface area contributed by atoms with Gasteiger partial charge in [0, 0.05) is 31.5 Å². The van der Waals surface area contributed by atoms with Gasteiger partial charge in [0.2, 0.25) is 0 Å². The number of nitrogens with two attached hydrogens (primary N) is 1. The number of benzene rings is 1. The third kappa shape index (κ3) is 5.92. The van der Waals surface area contributed by atoms with Crippen molar-refractivity contribution in [2.24, 2.45) is 5.73 Å². The Kier molecular flexibility index (Phi) is 8.29. The summed E-state index contributed by atoms with van der Waals surface area (Å²) >= 11 is 4.78. The summed E-state index contributed by atoms with van der Waals surface area (Å²) in [5, 5.41) is 0. The van der Waals surface area contributed by atoms with E-state index in [2.05, 4.69) is 0 Å². The first-order valence-electron chi connectivity index (χ1n) is 6.38. The van der Waals surface area contributed by atoms with Crippen LogP contribution in [-0.2, 0) is 20.8 Å². The van der Waals surface area contributed by atoms with Gasteiger partial charge in [-0.3, -0.25) is 0 Å². The summed E-state index contributed by atoms with van der Waals surface area (Å²) in [6.45, 7) is 2.45. The highest BCUT2D eigenvalue weighted by molar-refractivity contribution is 7.80. The highest BCUT2D eigenvalue weighted by Gasteiger charge is 2.09. The zero-order chi connectivity index (χ0) is 14.8. The van der Waals surface area contributed by atoms with Crippen molar-refractivity contribution in [1.82, 2.24) is 0 Å². The molecule has 4 nitrogen and oxygen atoms in total. The quantitative estimate of drug-likeness (QED) is 0.529. The van der Waals surface area contributed by atoms with Crippen LogP contribution < -0.4 is 5.73 Å². The fraction of sp³-hybridized carbons (Fsp3) is 0.500. The summed E-state index contributed by atoms with van der Waals surface area (Å²) in [7, 11) is 1.63. The summed E-state index contributed by atoms with van der Waals surface area (Å²) < 4.78 is 29.5. The van der Waals surface area contributed by atoms with Crippen LogP contribution in [0.5, 0.6) is 0 Å². The van der Waals surface area contributed by atoms with Gasteiger partial charge in [-0.1, -0.05) is 24.4 Å². The van der Waals surface area contributed by atoms with Gasteiger partial charge in [-0.25, -0.2) is 4.39 Å². The monoisotopic (exact) mass is 301 g/mol. The molecule has 0 saturated carbocycles. The molecule has 0 amide bonds. The van der Waals surface area contributed by atoms with Crippen LogP contribution in [0.4, 0.5) is 4.39 Å². The molecule has 0 unspecified atom stereocenters. The molecule has 1 rings (SSSR count). The first-order chi connectivity index (χ1) is 9.66. The molecule has 0 aromatic heterocycles. The molecule has 0 atom stereocenters. The molecule has 1 aromatic carbocycles. The normalized spacial score (nSPS) is 10.7. The second kappa shape index (κ2) is 9.77. The van der Waals surface area contributed by atoms with Crippen LogP contribution in [0.3, 0.4) is 0 Å². The molecule has 0 heterocycles. The third-order valence-corrected chi connectivity index (χ3v) is 2.83. The van der Waals surface area contributed by atoms with Gasteiger partial charge >= 0.3 is 0 Å². The molecule has 0 aliphatic heterocycles. The summed E-state index contributed by atoms with van der Waals surface area (Å²) in [6, 6.07) is 4.93. The molecule has 0 spiro atoms. The maximum Gasteiger partial charge on any atom is 0.138 e. The molecule has 0 aliphatic rings. The number of methoxy groups -OCH3 is 1. The molecular formula is C14H20FNO3S. The first kappa shape index (κ1) is 17.0. The van der Waals surface area contributed by atoms with E-state index in [0.717, 1.165) is 6.42 Å². The number of halogens is 1. The van der Waals surface area contributed by atoms with Gasteiger partial charge in [-0.05, 0) is 12.5 Å². The second-order valence-corrected chi connectivity index (χ2v) is 4.59. The first-order valence-corrected chi connectivity index (χ1v) is 6.79. The number of hydrogen-bond acceptors (Lipinski definition) is 4. The lowest BCUT2D eigenvalue weighted by Crippen LogP contribution is -2.13. The summed E-state index contributed by atoms with van der Waals surface area (Å²) in [6.07, 6.45) is 0.750. The second-order valence-electron chi connectivity index (χ2n) is 4.15. The van der Waals surface area contributed by atoms with Crippen molar-refractivity contribution in [2.75, 3.05) is 33.5 Å². The van der Waals surface area contributed by atoms with E-state index in [1.54, 1.807) is 25.3 Å². The smallest absolute Gasteiger partial charge is 0.138 e. The van der Waals surface area contributed by atoms with Gasteiger partial charge in [-0.2, -0.15) is 0 Å². The largest absolute Gasteiger partial charge is 0.389 e. The predicted octanol–water partition coefficient (Wildman–Crippen LogP) is 2.03. The zero-order valence-corrected chi connectivity index (χ0v) is 12.4. The Labute approximate surface area is 124 Å². The molecule has 2 N–H and O–H groups in total. The van der Waals surface area contributed by atoms with Gasteiger partial charge in [-0.15, -0.1) is 0 Å². The lowest BCUT2D eigenvalue weighted by Gasteiger charge is -2.08. The zero-order valence-electron chi connectivity index (χ0n) is 11.6. The standard InChI is InChI=1S/C14H20FNO3S/c1-17-8-9-18-6-3-7-19-10-11-4-2-5-12(13(11)15)14(16)20/h2,4-5H,3,6-10H2,1H3,(H2,16,20). The Balaban J connectivity index is 2.25. The molecule has 112 valence electrons. The lowest BCUT2D eigenvalue weighted by molar-refractivity contribution is 0.0479. The lowest BCUT2D eigenvalue weighted by atomic mass is 10.1. The predicted molar refractivity (Wildman–Crippen MR) is 79.3 cm³/mol. The van der Waals surface area contributed by atoms with E-state index < -0.39 is 5.82 Å². The van der Waals surface area contributed by atoms with Gasteiger partial charge in [0.05, 0.1) is 19.8 Å². The van der Waals surface area contributed by atoms with Gasteiger partial charge in [0.15, 0.2) is 0 Å². The molecule has 1 aromatic rings. The average Bonchev–Trinajstić information content (AvgIpc) is 2.43. The number of ether oxygens (including phenoxy) is 3. The van der Waals surface area contributed by atoms with Crippen LogP contribution in [0.15, 0.2) is 18.2 Å². The number of hydrogen-bond donors (Lipinski definition) is 1. The highest BCUT2D eigenvalue weighted by Crippen LogP contribution is 2.14. The molecule has 0 aliphatic carbocycles. The number of rotatable bonds is 10. The van der Waals surface area contributed by atoms with Gasteiger partial charge in [0.25, 0.3) is 0 Å².